The number of aryl methyl sites for hydroxylation is 6. The van der Waals surface area contributed by atoms with Crippen LogP contribution in [0, 0.1) is 17.4 Å². The van der Waals surface area contributed by atoms with Crippen molar-refractivity contribution >= 4 is 72.7 Å². The van der Waals surface area contributed by atoms with Crippen molar-refractivity contribution in [2.45, 2.75) is 66.5 Å². The van der Waals surface area contributed by atoms with Gasteiger partial charge in [0, 0.05) is 54.7 Å². The number of benzene rings is 8. The summed E-state index contributed by atoms with van der Waals surface area (Å²) in [6, 6.07) is 58.2. The minimum absolute atomic E-state index is 0.307. The van der Waals surface area contributed by atoms with Crippen LogP contribution in [-0.2, 0) is 40.0 Å². The Hall–Kier alpha value is -8.16. The highest BCUT2D eigenvalue weighted by atomic mass is 127. The number of carbonyl (C=O) groups is 1. The van der Waals surface area contributed by atoms with E-state index in [0.29, 0.717) is 12.1 Å². The van der Waals surface area contributed by atoms with Gasteiger partial charge in [0.1, 0.15) is 23.3 Å². The Kier molecular flexibility index (Phi) is 14.0. The number of para-hydroxylation sites is 4. The molecule has 0 saturated carbocycles. The Morgan fingerprint density at radius 1 is 0.487 bits per heavy atom. The van der Waals surface area contributed by atoms with Gasteiger partial charge in [-0.2, -0.15) is 0 Å². The second-order valence-corrected chi connectivity index (χ2v) is 20.9. The molecule has 0 aliphatic carbocycles. The van der Waals surface area contributed by atoms with E-state index >= 15 is 0 Å². The number of aromatic carboxylic acids is 1. The first-order valence-electron chi connectivity index (χ1n) is 26.1. The number of nitrogens with zero attached hydrogens (tertiary/aromatic N) is 8. The average molecular weight is 1110 g/mol. The van der Waals surface area contributed by atoms with Crippen molar-refractivity contribution in [3.63, 3.8) is 0 Å². The first-order valence-corrected chi connectivity index (χ1v) is 27.1. The molecule has 0 aliphatic rings. The Morgan fingerprint density at radius 3 is 1.36 bits per heavy atom. The minimum atomic E-state index is -0.921. The predicted molar refractivity (Wildman–Crippen MR) is 318 cm³/mol. The molecule has 11 heteroatoms. The SMILES string of the molecule is CCCc1nc2c(C)cc(-c3nc4ccccc4n3C)cc2n1Cc1ccc(-c2ccccc2C(=O)O)cc1.CCCc1nc2c(C)cc(-c3nc4ccccc4n3C)cc2n1Cc1ccc(-c2ccccc2I)cc1. The van der Waals surface area contributed by atoms with Gasteiger partial charge in [-0.05, 0) is 154 Å². The largest absolute Gasteiger partial charge is 0.478 e. The van der Waals surface area contributed by atoms with Gasteiger partial charge < -0.3 is 23.4 Å². The molecule has 0 amide bonds. The van der Waals surface area contributed by atoms with Crippen LogP contribution in [0.25, 0.3) is 89.2 Å². The number of fused-ring (bicyclic) bond motifs is 4. The van der Waals surface area contributed by atoms with Crippen molar-refractivity contribution in [3.05, 3.63) is 213 Å². The van der Waals surface area contributed by atoms with E-state index in [1.54, 1.807) is 12.1 Å². The average Bonchev–Trinajstić information content (AvgIpc) is 4.23. The first-order chi connectivity index (χ1) is 37.0. The fraction of sp³-hybridized carbons (Fsp3) is 0.185. The van der Waals surface area contributed by atoms with Crippen molar-refractivity contribution in [2.75, 3.05) is 0 Å². The van der Waals surface area contributed by atoms with Crippen LogP contribution in [0.4, 0.5) is 0 Å². The molecule has 12 rings (SSSR count). The van der Waals surface area contributed by atoms with E-state index in [0.717, 1.165) is 128 Å². The topological polar surface area (TPSA) is 109 Å². The summed E-state index contributed by atoms with van der Waals surface area (Å²) in [6.07, 6.45) is 3.91. The Morgan fingerprint density at radius 2 is 0.908 bits per heavy atom. The summed E-state index contributed by atoms with van der Waals surface area (Å²) >= 11 is 2.41. The van der Waals surface area contributed by atoms with Gasteiger partial charge in [-0.1, -0.05) is 123 Å². The second-order valence-electron chi connectivity index (χ2n) is 19.7. The zero-order chi connectivity index (χ0) is 52.6. The van der Waals surface area contributed by atoms with E-state index in [1.165, 1.54) is 31.3 Å². The van der Waals surface area contributed by atoms with Crippen LogP contribution in [0.3, 0.4) is 0 Å². The van der Waals surface area contributed by atoms with E-state index in [1.807, 2.05) is 48.5 Å². The number of halogens is 1. The van der Waals surface area contributed by atoms with Crippen molar-refractivity contribution in [1.29, 1.82) is 0 Å². The third-order valence-electron chi connectivity index (χ3n) is 14.5. The number of imidazole rings is 4. The quantitative estimate of drug-likeness (QED) is 0.115. The van der Waals surface area contributed by atoms with Gasteiger partial charge in [-0.3, -0.25) is 0 Å². The lowest BCUT2D eigenvalue weighted by molar-refractivity contribution is 0.0697. The molecule has 0 radical (unpaired) electrons. The summed E-state index contributed by atoms with van der Waals surface area (Å²) in [7, 11) is 4.16. The van der Waals surface area contributed by atoms with E-state index in [2.05, 4.69) is 192 Å². The lowest BCUT2D eigenvalue weighted by atomic mass is 9.98. The van der Waals surface area contributed by atoms with Crippen LogP contribution >= 0.6 is 22.6 Å². The highest BCUT2D eigenvalue weighted by Crippen LogP contribution is 2.34. The number of hydrogen-bond donors (Lipinski definition) is 1. The van der Waals surface area contributed by atoms with Crippen LogP contribution in [0.5, 0.6) is 0 Å². The molecule has 4 heterocycles. The van der Waals surface area contributed by atoms with E-state index in [4.69, 9.17) is 19.9 Å². The van der Waals surface area contributed by atoms with Crippen LogP contribution < -0.4 is 0 Å². The summed E-state index contributed by atoms with van der Waals surface area (Å²) < 4.78 is 10.3. The molecule has 12 aromatic rings. The van der Waals surface area contributed by atoms with Crippen LogP contribution in [0.2, 0.25) is 0 Å². The maximum Gasteiger partial charge on any atom is 0.336 e. The zero-order valence-corrected chi connectivity index (χ0v) is 45.9. The van der Waals surface area contributed by atoms with Gasteiger partial charge >= 0.3 is 5.97 Å². The molecule has 0 unspecified atom stereocenters. The molecule has 0 aliphatic heterocycles. The van der Waals surface area contributed by atoms with Crippen molar-refractivity contribution in [3.8, 4) is 45.0 Å². The molecule has 0 bridgehead atoms. The van der Waals surface area contributed by atoms with Gasteiger partial charge in [0.25, 0.3) is 0 Å². The molecule has 10 nitrogen and oxygen atoms in total. The molecule has 76 heavy (non-hydrogen) atoms. The molecule has 0 saturated heterocycles. The van der Waals surface area contributed by atoms with Crippen molar-refractivity contribution in [2.24, 2.45) is 14.1 Å². The Labute approximate surface area is 456 Å². The molecule has 8 aromatic carbocycles. The summed E-state index contributed by atoms with van der Waals surface area (Å²) in [4.78, 5) is 31.8. The molecule has 0 atom stereocenters. The second kappa shape index (κ2) is 21.2. The Balaban J connectivity index is 0.000000162. The number of carboxylic acids is 1. The monoisotopic (exact) mass is 1110 g/mol. The van der Waals surface area contributed by atoms with Gasteiger partial charge in [0.15, 0.2) is 0 Å². The molecular weight excluding hydrogens is 1050 g/mol. The van der Waals surface area contributed by atoms with Crippen LogP contribution in [-0.4, -0.2) is 49.3 Å². The molecule has 4 aromatic heterocycles. The fourth-order valence-electron chi connectivity index (χ4n) is 10.7. The van der Waals surface area contributed by atoms with E-state index in [9.17, 15) is 9.90 Å². The molecule has 0 fully saturated rings. The maximum absolute atomic E-state index is 11.7. The smallest absolute Gasteiger partial charge is 0.336 e. The van der Waals surface area contributed by atoms with Gasteiger partial charge in [0.2, 0.25) is 0 Å². The molecule has 378 valence electrons. The standard InChI is InChI=1S/C33H30N4O2.C32H29IN4/c1-4-9-30-35-31-21(2)18-24(32-34-27-12-7-8-13-28(27)36(32)3)19-29(31)37(30)20-22-14-16-23(17-15-22)25-10-5-6-11-26(25)33(38)39;1-4-9-30-35-31-21(2)18-24(32-34-27-12-7-8-13-28(27)36(32)3)19-29(31)37(30)20-22-14-16-23(17-15-22)25-10-5-6-11-26(25)33/h5-8,10-19H,4,9,20H2,1-3H3,(H,38,39);5-8,10-19H,4,9,20H2,1-3H3. The lowest BCUT2D eigenvalue weighted by Gasteiger charge is -2.12. The van der Waals surface area contributed by atoms with Crippen LogP contribution in [0.15, 0.2) is 170 Å². The van der Waals surface area contributed by atoms with Crippen molar-refractivity contribution in [1.82, 2.24) is 38.2 Å². The number of aromatic nitrogens is 8. The van der Waals surface area contributed by atoms with Gasteiger partial charge in [-0.25, -0.2) is 24.7 Å². The van der Waals surface area contributed by atoms with Gasteiger partial charge in [-0.15, -0.1) is 0 Å². The molecule has 0 spiro atoms. The fourth-order valence-corrected chi connectivity index (χ4v) is 11.4. The van der Waals surface area contributed by atoms with Crippen LogP contribution in [0.1, 0.15) is 70.9 Å². The minimum Gasteiger partial charge on any atom is -0.478 e. The summed E-state index contributed by atoms with van der Waals surface area (Å²) in [5.74, 6) is 3.21. The molecule has 1 N–H and O–H groups in total. The molecular formula is C65H59IN8O2. The number of rotatable bonds is 13. The summed E-state index contributed by atoms with van der Waals surface area (Å²) in [5.41, 5.74) is 20.0. The van der Waals surface area contributed by atoms with Crippen molar-refractivity contribution < 1.29 is 9.90 Å². The number of carboxylic acid groups (broad SMARTS) is 1. The summed E-state index contributed by atoms with van der Waals surface area (Å²) in [6.45, 7) is 10.2. The highest BCUT2D eigenvalue weighted by Gasteiger charge is 2.20. The third-order valence-corrected chi connectivity index (χ3v) is 15.5. The third kappa shape index (κ3) is 9.60. The van der Waals surface area contributed by atoms with E-state index in [-0.39, 0.29) is 0 Å². The lowest BCUT2D eigenvalue weighted by Crippen LogP contribution is -2.05. The summed E-state index contributed by atoms with van der Waals surface area (Å²) in [5, 5.41) is 9.60. The van der Waals surface area contributed by atoms with E-state index < -0.39 is 5.97 Å². The number of hydrogen-bond acceptors (Lipinski definition) is 5. The first kappa shape index (κ1) is 50.0. The zero-order valence-electron chi connectivity index (χ0n) is 43.7. The predicted octanol–water partition coefficient (Wildman–Crippen LogP) is 15.4. The highest BCUT2D eigenvalue weighted by molar-refractivity contribution is 14.1. The normalized spacial score (nSPS) is 11.5. The Bertz CT molecular complexity index is 4120. The maximum atomic E-state index is 11.7. The van der Waals surface area contributed by atoms with Gasteiger partial charge in [0.05, 0.1) is 49.7 Å².